The Balaban J connectivity index is 1.62. The van der Waals surface area contributed by atoms with Gasteiger partial charge in [0.05, 0.1) is 41.8 Å². The summed E-state index contributed by atoms with van der Waals surface area (Å²) in [7, 11) is 5.64. The second-order valence-electron chi connectivity index (χ2n) is 9.91. The zero-order valence-electron chi connectivity index (χ0n) is 22.0. The predicted octanol–water partition coefficient (Wildman–Crippen LogP) is 4.51. The zero-order chi connectivity index (χ0) is 29.2. The molecule has 2 aromatic carbocycles. The molecule has 2 aliphatic rings. The highest BCUT2D eigenvalue weighted by Crippen LogP contribution is 2.37. The van der Waals surface area contributed by atoms with E-state index in [1.165, 1.54) is 12.1 Å². The van der Waals surface area contributed by atoms with Crippen LogP contribution in [0.15, 0.2) is 53.9 Å². The second kappa shape index (κ2) is 11.9. The van der Waals surface area contributed by atoms with Crippen LogP contribution in [-0.2, 0) is 28.4 Å². The quantitative estimate of drug-likeness (QED) is 0.448. The molecule has 220 valence electrons. The topological polar surface area (TPSA) is 52.2 Å². The molecule has 0 amide bonds. The van der Waals surface area contributed by atoms with E-state index in [-0.39, 0.29) is 18.2 Å². The van der Waals surface area contributed by atoms with E-state index in [0.29, 0.717) is 37.3 Å². The number of alkyl halides is 6. The molecule has 0 saturated carbocycles. The third-order valence-corrected chi connectivity index (χ3v) is 6.39. The van der Waals surface area contributed by atoms with Crippen molar-refractivity contribution in [2.75, 3.05) is 47.4 Å². The van der Waals surface area contributed by atoms with Crippen LogP contribution in [0.2, 0.25) is 0 Å². The number of hydrogen-bond donors (Lipinski definition) is 2. The monoisotopic (exact) mass is 577 g/mol. The van der Waals surface area contributed by atoms with E-state index in [1.54, 1.807) is 24.3 Å². The smallest absolute Gasteiger partial charge is 0.349 e. The maximum atomic E-state index is 13.7. The average Bonchev–Trinajstić information content (AvgIpc) is 3.19. The van der Waals surface area contributed by atoms with Gasteiger partial charge in [0, 0.05) is 26.7 Å². The minimum absolute atomic E-state index is 0.0718. The molecule has 2 aromatic rings. The maximum absolute atomic E-state index is 13.7. The highest BCUT2D eigenvalue weighted by molar-refractivity contribution is 5.33. The highest BCUT2D eigenvalue weighted by Gasteiger charge is 2.38. The summed E-state index contributed by atoms with van der Waals surface area (Å²) in [6.45, 7) is 1.05. The van der Waals surface area contributed by atoms with Crippen molar-refractivity contribution in [1.29, 1.82) is 0 Å². The van der Waals surface area contributed by atoms with Gasteiger partial charge in [-0.15, -0.1) is 5.12 Å². The van der Waals surface area contributed by atoms with Crippen LogP contribution in [0.3, 0.4) is 0 Å². The maximum Gasteiger partial charge on any atom is 0.416 e. The summed E-state index contributed by atoms with van der Waals surface area (Å²) in [4.78, 5) is 3.99. The Kier molecular flexibility index (Phi) is 8.95. The van der Waals surface area contributed by atoms with Crippen LogP contribution in [0.25, 0.3) is 0 Å². The van der Waals surface area contributed by atoms with Crippen LogP contribution in [0.5, 0.6) is 0 Å². The number of nitrogens with one attached hydrogen (secondary N) is 2. The Morgan fingerprint density at radius 1 is 0.950 bits per heavy atom. The summed E-state index contributed by atoms with van der Waals surface area (Å²) in [5.74, 6) is -0.465. The molecule has 2 heterocycles. The van der Waals surface area contributed by atoms with Crippen LogP contribution in [-0.4, -0.2) is 68.6 Å². The number of nitrogens with zero attached hydrogens (tertiary/aromatic N) is 3. The number of benzene rings is 2. The first-order valence-electron chi connectivity index (χ1n) is 12.4. The molecule has 0 spiro atoms. The van der Waals surface area contributed by atoms with Crippen molar-refractivity contribution in [3.63, 3.8) is 0 Å². The lowest BCUT2D eigenvalue weighted by molar-refractivity contribution is -0.215. The molecule has 14 heteroatoms. The number of rotatable bonds is 8. The van der Waals surface area contributed by atoms with Crippen molar-refractivity contribution >= 4 is 0 Å². The van der Waals surface area contributed by atoms with Crippen molar-refractivity contribution in [2.24, 2.45) is 0 Å². The van der Waals surface area contributed by atoms with Gasteiger partial charge in [-0.05, 0) is 55.6 Å². The molecule has 2 aliphatic heterocycles. The van der Waals surface area contributed by atoms with Gasteiger partial charge in [0.25, 0.3) is 0 Å². The summed E-state index contributed by atoms with van der Waals surface area (Å²) in [5.41, 5.74) is 5.68. The lowest BCUT2D eigenvalue weighted by Crippen LogP contribution is -2.48. The Bertz CT molecular complexity index is 1170. The third-order valence-electron chi connectivity index (χ3n) is 6.39. The highest BCUT2D eigenvalue weighted by atomic mass is 19.4. The Morgan fingerprint density at radius 3 is 2.12 bits per heavy atom. The third kappa shape index (κ3) is 7.43. The molecule has 4 rings (SSSR count). The van der Waals surface area contributed by atoms with E-state index in [4.69, 9.17) is 9.47 Å². The molecular formula is C26H30F7N5O2. The number of halogens is 7. The fourth-order valence-electron chi connectivity index (χ4n) is 4.66. The molecular weight excluding hydrogens is 547 g/mol. The number of likely N-dealkylation sites (N-methyl/N-ethyl adjacent to an activating group) is 1. The van der Waals surface area contributed by atoms with E-state index >= 15 is 0 Å². The van der Waals surface area contributed by atoms with Gasteiger partial charge >= 0.3 is 12.4 Å². The van der Waals surface area contributed by atoms with Gasteiger partial charge in [-0.2, -0.15) is 26.3 Å². The first-order chi connectivity index (χ1) is 18.7. The molecule has 7 nitrogen and oxygen atoms in total. The van der Waals surface area contributed by atoms with E-state index in [9.17, 15) is 30.7 Å². The Morgan fingerprint density at radius 2 is 1.55 bits per heavy atom. The van der Waals surface area contributed by atoms with Gasteiger partial charge in [0.2, 0.25) is 0 Å². The van der Waals surface area contributed by atoms with Crippen LogP contribution < -0.4 is 10.9 Å². The van der Waals surface area contributed by atoms with Crippen LogP contribution in [0.1, 0.15) is 28.3 Å². The summed E-state index contributed by atoms with van der Waals surface area (Å²) in [6, 6.07) is 6.32. The fraction of sp³-hybridized carbons (Fsp3) is 0.462. The summed E-state index contributed by atoms with van der Waals surface area (Å²) in [5, 5.41) is 1.70. The molecule has 0 aromatic heterocycles. The molecule has 2 N–H and O–H groups in total. The molecule has 0 bridgehead atoms. The van der Waals surface area contributed by atoms with Crippen molar-refractivity contribution in [1.82, 2.24) is 25.8 Å². The molecule has 1 fully saturated rings. The standard InChI is InChI=1S/C26H30F7N5O2/c1-36(2)13-21-22(35-37(3)34-21)14-38-8-9-39-24(23(38)17-4-6-20(27)7-5-17)40-15-16-10-18(25(28,29)30)12-19(11-16)26(31,32)33/h4-7,10-12,23-24,34-35H,8-9,13-15H2,1-3H3/t23?,24-/m1/s1. The Hall–Kier alpha value is -2.91. The normalized spacial score (nSPS) is 21.2. The van der Waals surface area contributed by atoms with Crippen molar-refractivity contribution in [3.05, 3.63) is 81.9 Å². The number of hydrogen-bond acceptors (Lipinski definition) is 7. The predicted molar refractivity (Wildman–Crippen MR) is 131 cm³/mol. The molecule has 1 saturated heterocycles. The van der Waals surface area contributed by atoms with Gasteiger partial charge in [-0.3, -0.25) is 4.90 Å². The van der Waals surface area contributed by atoms with Gasteiger partial charge in [0.15, 0.2) is 6.29 Å². The first-order valence-corrected chi connectivity index (χ1v) is 12.4. The minimum atomic E-state index is -4.97. The average molecular weight is 578 g/mol. The largest absolute Gasteiger partial charge is 0.416 e. The lowest BCUT2D eigenvalue weighted by Gasteiger charge is -2.41. The molecule has 1 unspecified atom stereocenters. The summed E-state index contributed by atoms with van der Waals surface area (Å²) in [6.07, 6.45) is -11.0. The minimum Gasteiger partial charge on any atom is -0.349 e. The van der Waals surface area contributed by atoms with Crippen LogP contribution in [0, 0.1) is 5.82 Å². The van der Waals surface area contributed by atoms with E-state index in [2.05, 4.69) is 10.9 Å². The SMILES string of the molecule is CN(C)CC1=C(CN2CCO[C@H](OCc3cc(C(F)(F)F)cc(C(F)(F)F)c3)C2c2ccc(F)cc2)NN(C)N1. The molecule has 2 atom stereocenters. The zero-order valence-corrected chi connectivity index (χ0v) is 22.0. The van der Waals surface area contributed by atoms with Crippen LogP contribution >= 0.6 is 0 Å². The lowest BCUT2D eigenvalue weighted by atomic mass is 10.0. The molecule has 0 aliphatic carbocycles. The van der Waals surface area contributed by atoms with E-state index < -0.39 is 48.2 Å². The number of ether oxygens (including phenoxy) is 2. The van der Waals surface area contributed by atoms with E-state index in [0.717, 1.165) is 11.4 Å². The van der Waals surface area contributed by atoms with Crippen molar-refractivity contribution < 1.29 is 40.2 Å². The van der Waals surface area contributed by atoms with Gasteiger partial charge in [-0.1, -0.05) is 12.1 Å². The Labute approximate surface area is 227 Å². The van der Waals surface area contributed by atoms with Gasteiger partial charge in [0.1, 0.15) is 5.82 Å². The van der Waals surface area contributed by atoms with E-state index in [1.807, 2.05) is 23.9 Å². The molecule has 0 radical (unpaired) electrons. The number of morpholine rings is 1. The second-order valence-corrected chi connectivity index (χ2v) is 9.91. The van der Waals surface area contributed by atoms with Crippen molar-refractivity contribution in [2.45, 2.75) is 31.3 Å². The van der Waals surface area contributed by atoms with Gasteiger partial charge < -0.3 is 25.2 Å². The first kappa shape index (κ1) is 30.1. The van der Waals surface area contributed by atoms with Crippen molar-refractivity contribution in [3.8, 4) is 0 Å². The molecule has 40 heavy (non-hydrogen) atoms. The van der Waals surface area contributed by atoms with Crippen LogP contribution in [0.4, 0.5) is 30.7 Å². The van der Waals surface area contributed by atoms with Gasteiger partial charge in [-0.25, -0.2) is 4.39 Å². The summed E-state index contributed by atoms with van der Waals surface area (Å²) < 4.78 is 105. The summed E-state index contributed by atoms with van der Waals surface area (Å²) >= 11 is 0. The number of hydrazine groups is 2. The fourth-order valence-corrected chi connectivity index (χ4v) is 4.66.